The monoisotopic (exact) mass is 365 g/mol. The van der Waals surface area contributed by atoms with Crippen molar-refractivity contribution in [3.8, 4) is 0 Å². The molecule has 0 fully saturated rings. The number of hydrogen-bond donors (Lipinski definition) is 2. The minimum atomic E-state index is -3.63. The lowest BCUT2D eigenvalue weighted by atomic mass is 10.1. The van der Waals surface area contributed by atoms with Gasteiger partial charge in [-0.15, -0.1) is 11.3 Å². The van der Waals surface area contributed by atoms with Crippen LogP contribution in [0.3, 0.4) is 0 Å². The quantitative estimate of drug-likeness (QED) is 0.855. The van der Waals surface area contributed by atoms with Crippen molar-refractivity contribution in [1.29, 1.82) is 0 Å². The molecular weight excluding hydrogens is 346 g/mol. The smallest absolute Gasteiger partial charge is 0.299 e. The maximum absolute atomic E-state index is 12.6. The molecule has 6 nitrogen and oxygen atoms in total. The van der Waals surface area contributed by atoms with E-state index in [0.29, 0.717) is 17.1 Å². The van der Waals surface area contributed by atoms with E-state index in [0.717, 1.165) is 17.7 Å². The van der Waals surface area contributed by atoms with E-state index in [-0.39, 0.29) is 11.9 Å². The lowest BCUT2D eigenvalue weighted by Gasteiger charge is -2.18. The van der Waals surface area contributed by atoms with Crippen molar-refractivity contribution < 1.29 is 13.2 Å². The highest BCUT2D eigenvalue weighted by Crippen LogP contribution is 2.32. The van der Waals surface area contributed by atoms with Crippen LogP contribution in [0.15, 0.2) is 35.7 Å². The van der Waals surface area contributed by atoms with Crippen LogP contribution < -0.4 is 14.3 Å². The van der Waals surface area contributed by atoms with Gasteiger partial charge in [0, 0.05) is 18.3 Å². The molecule has 2 aromatic rings. The van der Waals surface area contributed by atoms with Crippen LogP contribution in [0, 0.1) is 0 Å². The standard InChI is InChI=1S/C16H19N3O3S2/c1-11(2)17-24(21,22)18-13-6-5-12-7-8-19(14(12)10-13)16(20)15-4-3-9-23-15/h3-6,9-11,17-18H,7-8H2,1-2H3. The van der Waals surface area contributed by atoms with E-state index in [1.807, 2.05) is 17.5 Å². The van der Waals surface area contributed by atoms with Gasteiger partial charge >= 0.3 is 0 Å². The second-order valence-electron chi connectivity index (χ2n) is 5.91. The molecule has 3 rings (SSSR count). The van der Waals surface area contributed by atoms with Gasteiger partial charge in [0.05, 0.1) is 10.6 Å². The number of thiophene rings is 1. The molecular formula is C16H19N3O3S2. The van der Waals surface area contributed by atoms with Gasteiger partial charge in [0.15, 0.2) is 0 Å². The molecule has 0 atom stereocenters. The van der Waals surface area contributed by atoms with Crippen molar-refractivity contribution in [2.75, 3.05) is 16.2 Å². The molecule has 0 saturated carbocycles. The molecule has 0 saturated heterocycles. The molecule has 0 unspecified atom stereocenters. The van der Waals surface area contributed by atoms with Gasteiger partial charge in [-0.3, -0.25) is 9.52 Å². The lowest BCUT2D eigenvalue weighted by Crippen LogP contribution is -2.35. The second-order valence-corrected chi connectivity index (χ2v) is 8.30. The highest BCUT2D eigenvalue weighted by molar-refractivity contribution is 7.90. The summed E-state index contributed by atoms with van der Waals surface area (Å²) in [5, 5.41) is 1.87. The molecule has 128 valence electrons. The van der Waals surface area contributed by atoms with Crippen molar-refractivity contribution >= 4 is 38.8 Å². The SMILES string of the molecule is CC(C)NS(=O)(=O)Nc1ccc2c(c1)N(C(=O)c1cccs1)CC2. The minimum Gasteiger partial charge on any atom is -0.307 e. The van der Waals surface area contributed by atoms with Crippen LogP contribution in [0.25, 0.3) is 0 Å². The van der Waals surface area contributed by atoms with Crippen LogP contribution in [-0.4, -0.2) is 26.9 Å². The average Bonchev–Trinajstić information content (AvgIpc) is 3.14. The van der Waals surface area contributed by atoms with Crippen molar-refractivity contribution in [3.05, 3.63) is 46.2 Å². The number of carbonyl (C=O) groups is 1. The summed E-state index contributed by atoms with van der Waals surface area (Å²) in [6.07, 6.45) is 0.768. The zero-order valence-electron chi connectivity index (χ0n) is 13.4. The molecule has 1 aromatic heterocycles. The zero-order chi connectivity index (χ0) is 17.3. The van der Waals surface area contributed by atoms with Gasteiger partial charge in [-0.25, -0.2) is 0 Å². The van der Waals surface area contributed by atoms with Crippen LogP contribution >= 0.6 is 11.3 Å². The summed E-state index contributed by atoms with van der Waals surface area (Å²) in [6, 6.07) is 8.74. The van der Waals surface area contributed by atoms with Crippen LogP contribution in [0.1, 0.15) is 29.1 Å². The number of fused-ring (bicyclic) bond motifs is 1. The minimum absolute atomic E-state index is 0.0518. The number of amides is 1. The van der Waals surface area contributed by atoms with Gasteiger partial charge < -0.3 is 4.90 Å². The Balaban J connectivity index is 1.85. The van der Waals surface area contributed by atoms with E-state index < -0.39 is 10.2 Å². The first-order valence-corrected chi connectivity index (χ1v) is 10.0. The van der Waals surface area contributed by atoms with Crippen LogP contribution in [0.2, 0.25) is 0 Å². The Morgan fingerprint density at radius 1 is 1.29 bits per heavy atom. The predicted molar refractivity (Wildman–Crippen MR) is 97.0 cm³/mol. The maximum Gasteiger partial charge on any atom is 0.299 e. The average molecular weight is 365 g/mol. The van der Waals surface area contributed by atoms with Crippen LogP contribution in [0.5, 0.6) is 0 Å². The van der Waals surface area contributed by atoms with Crippen LogP contribution in [0.4, 0.5) is 11.4 Å². The molecule has 1 aromatic carbocycles. The molecule has 2 N–H and O–H groups in total. The Morgan fingerprint density at radius 2 is 2.08 bits per heavy atom. The highest BCUT2D eigenvalue weighted by atomic mass is 32.2. The first kappa shape index (κ1) is 16.9. The molecule has 0 spiro atoms. The van der Waals surface area contributed by atoms with Gasteiger partial charge in [-0.1, -0.05) is 12.1 Å². The molecule has 0 bridgehead atoms. The van der Waals surface area contributed by atoms with Gasteiger partial charge in [0.2, 0.25) is 0 Å². The topological polar surface area (TPSA) is 78.5 Å². The number of anilines is 2. The van der Waals surface area contributed by atoms with E-state index in [1.54, 1.807) is 36.9 Å². The maximum atomic E-state index is 12.6. The number of rotatable bonds is 5. The van der Waals surface area contributed by atoms with E-state index in [4.69, 9.17) is 0 Å². The van der Waals surface area contributed by atoms with E-state index in [2.05, 4.69) is 9.44 Å². The molecule has 1 aliphatic heterocycles. The third-order valence-corrected chi connectivity index (χ3v) is 5.75. The number of carbonyl (C=O) groups excluding carboxylic acids is 1. The fraction of sp³-hybridized carbons (Fsp3) is 0.312. The Hall–Kier alpha value is -1.90. The number of nitrogens with one attached hydrogen (secondary N) is 2. The van der Waals surface area contributed by atoms with Crippen molar-refractivity contribution in [2.45, 2.75) is 26.3 Å². The van der Waals surface area contributed by atoms with E-state index in [9.17, 15) is 13.2 Å². The van der Waals surface area contributed by atoms with E-state index >= 15 is 0 Å². The summed E-state index contributed by atoms with van der Waals surface area (Å²) in [5.74, 6) is -0.0518. The van der Waals surface area contributed by atoms with Crippen LogP contribution in [-0.2, 0) is 16.6 Å². The molecule has 2 heterocycles. The van der Waals surface area contributed by atoms with E-state index in [1.165, 1.54) is 11.3 Å². The first-order valence-electron chi connectivity index (χ1n) is 7.64. The van der Waals surface area contributed by atoms with Gasteiger partial charge in [0.1, 0.15) is 0 Å². The number of benzene rings is 1. The Bertz CT molecular complexity index is 845. The molecule has 0 aliphatic carbocycles. The Labute approximate surface area is 145 Å². The summed E-state index contributed by atoms with van der Waals surface area (Å²) in [5.41, 5.74) is 2.24. The van der Waals surface area contributed by atoms with Gasteiger partial charge in [-0.2, -0.15) is 13.1 Å². The zero-order valence-corrected chi connectivity index (χ0v) is 15.1. The number of hydrogen-bond acceptors (Lipinski definition) is 4. The molecule has 1 aliphatic rings. The van der Waals surface area contributed by atoms with Crippen molar-refractivity contribution in [3.63, 3.8) is 0 Å². The third-order valence-electron chi connectivity index (χ3n) is 3.60. The molecule has 24 heavy (non-hydrogen) atoms. The fourth-order valence-electron chi connectivity index (χ4n) is 2.68. The normalized spacial score (nSPS) is 14.0. The first-order chi connectivity index (χ1) is 11.4. The van der Waals surface area contributed by atoms with Gasteiger partial charge in [-0.05, 0) is 49.4 Å². The van der Waals surface area contributed by atoms with Gasteiger partial charge in [0.25, 0.3) is 16.1 Å². The molecule has 0 radical (unpaired) electrons. The summed E-state index contributed by atoms with van der Waals surface area (Å²) in [4.78, 5) is 15.0. The molecule has 1 amide bonds. The van der Waals surface area contributed by atoms with Crippen molar-refractivity contribution in [2.24, 2.45) is 0 Å². The fourth-order valence-corrected chi connectivity index (χ4v) is 4.47. The Kier molecular flexibility index (Phi) is 4.62. The Morgan fingerprint density at radius 3 is 2.75 bits per heavy atom. The summed E-state index contributed by atoms with van der Waals surface area (Å²) < 4.78 is 29.0. The number of nitrogens with zero attached hydrogens (tertiary/aromatic N) is 1. The summed E-state index contributed by atoms with van der Waals surface area (Å²) >= 11 is 1.40. The lowest BCUT2D eigenvalue weighted by molar-refractivity contribution is 0.0993. The second kappa shape index (κ2) is 6.54. The van der Waals surface area contributed by atoms with Crippen molar-refractivity contribution in [1.82, 2.24) is 4.72 Å². The molecule has 8 heteroatoms. The third kappa shape index (κ3) is 3.61. The summed E-state index contributed by atoms with van der Waals surface area (Å²) in [6.45, 7) is 4.11. The predicted octanol–water partition coefficient (Wildman–Crippen LogP) is 2.61. The highest BCUT2D eigenvalue weighted by Gasteiger charge is 2.26. The summed E-state index contributed by atoms with van der Waals surface area (Å²) in [7, 11) is -3.63. The largest absolute Gasteiger partial charge is 0.307 e.